The highest BCUT2D eigenvalue weighted by atomic mass is 32.2. The summed E-state index contributed by atoms with van der Waals surface area (Å²) >= 11 is 0. The maximum Gasteiger partial charge on any atom is 0.177 e. The first-order valence-electron chi connectivity index (χ1n) is 8.81. The number of anilines is 1. The Kier molecular flexibility index (Phi) is 4.24. The summed E-state index contributed by atoms with van der Waals surface area (Å²) in [5.41, 5.74) is 9.32. The quantitative estimate of drug-likeness (QED) is 0.841. The van der Waals surface area contributed by atoms with Crippen molar-refractivity contribution in [2.24, 2.45) is 5.73 Å². The lowest BCUT2D eigenvalue weighted by Gasteiger charge is -2.35. The highest BCUT2D eigenvalue weighted by molar-refractivity contribution is 7.95. The van der Waals surface area contributed by atoms with E-state index in [9.17, 15) is 18.1 Å². The number of sulfone groups is 1. The van der Waals surface area contributed by atoms with Crippen molar-refractivity contribution in [2.45, 2.75) is 19.3 Å². The molecule has 0 aromatic heterocycles. The molecule has 0 aliphatic carbocycles. The molecule has 0 fully saturated rings. The molecule has 5 nitrogen and oxygen atoms in total. The first-order chi connectivity index (χ1) is 13.3. The largest absolute Gasteiger partial charge is 0.384 e. The number of hydrogen-bond donors (Lipinski definition) is 1. The lowest BCUT2D eigenvalue weighted by Crippen LogP contribution is -2.34. The van der Waals surface area contributed by atoms with Gasteiger partial charge in [0, 0.05) is 17.8 Å². The highest BCUT2D eigenvalue weighted by Crippen LogP contribution is 2.48. The molecule has 7 heteroatoms. The van der Waals surface area contributed by atoms with Crippen molar-refractivity contribution in [2.75, 3.05) is 10.7 Å². The molecule has 2 aliphatic rings. The molecule has 0 spiro atoms. The summed E-state index contributed by atoms with van der Waals surface area (Å²) in [4.78, 5) is 1.79. The van der Waals surface area contributed by atoms with E-state index in [1.165, 1.54) is 24.3 Å². The summed E-state index contributed by atoms with van der Waals surface area (Å²) in [5.74, 6) is -1.00. The number of hydrogen-bond acceptors (Lipinski definition) is 5. The van der Waals surface area contributed by atoms with Gasteiger partial charge in [0.25, 0.3) is 0 Å². The van der Waals surface area contributed by atoms with E-state index in [4.69, 9.17) is 5.73 Å². The average molecular weight is 395 g/mol. The first kappa shape index (κ1) is 18.3. The highest BCUT2D eigenvalue weighted by Gasteiger charge is 2.45. The molecule has 28 heavy (non-hydrogen) atoms. The van der Waals surface area contributed by atoms with Crippen molar-refractivity contribution in [3.63, 3.8) is 0 Å². The van der Waals surface area contributed by atoms with Crippen LogP contribution in [0.3, 0.4) is 0 Å². The average Bonchev–Trinajstić information content (AvgIpc) is 2.97. The predicted molar refractivity (Wildman–Crippen MR) is 105 cm³/mol. The molecule has 0 unspecified atom stereocenters. The fourth-order valence-electron chi connectivity index (χ4n) is 3.93. The van der Waals surface area contributed by atoms with Crippen LogP contribution in [0.1, 0.15) is 23.5 Å². The molecule has 0 saturated heterocycles. The monoisotopic (exact) mass is 395 g/mol. The molecule has 2 aromatic carbocycles. The van der Waals surface area contributed by atoms with Crippen LogP contribution >= 0.6 is 0 Å². The third-order valence-corrected chi connectivity index (χ3v) is 7.03. The number of benzene rings is 2. The van der Waals surface area contributed by atoms with Crippen LogP contribution in [0.25, 0.3) is 0 Å². The van der Waals surface area contributed by atoms with E-state index < -0.39 is 21.6 Å². The van der Waals surface area contributed by atoms with Crippen LogP contribution in [-0.2, 0) is 9.84 Å². The van der Waals surface area contributed by atoms with E-state index in [1.807, 2.05) is 31.2 Å². The predicted octanol–water partition coefficient (Wildman–Crippen LogP) is 3.46. The van der Waals surface area contributed by atoms with Crippen molar-refractivity contribution in [1.29, 1.82) is 5.26 Å². The van der Waals surface area contributed by atoms with Crippen LogP contribution in [0.2, 0.25) is 0 Å². The number of aryl methyl sites for hydroxylation is 1. The number of allylic oxidation sites excluding steroid dienone is 3. The second-order valence-electron chi connectivity index (χ2n) is 6.95. The fraction of sp³-hybridized carbons (Fsp3) is 0.190. The van der Waals surface area contributed by atoms with Gasteiger partial charge < -0.3 is 5.73 Å². The van der Waals surface area contributed by atoms with Gasteiger partial charge in [0.1, 0.15) is 11.6 Å². The zero-order chi connectivity index (χ0) is 20.1. The topological polar surface area (TPSA) is 87.2 Å². The van der Waals surface area contributed by atoms with E-state index in [0.29, 0.717) is 11.4 Å². The van der Waals surface area contributed by atoms with Crippen LogP contribution in [0.15, 0.2) is 70.5 Å². The van der Waals surface area contributed by atoms with Gasteiger partial charge in [-0.05, 0) is 36.8 Å². The molecule has 0 saturated carbocycles. The van der Waals surface area contributed by atoms with Crippen molar-refractivity contribution < 1.29 is 12.8 Å². The lowest BCUT2D eigenvalue weighted by atomic mass is 9.86. The Labute approximate surface area is 163 Å². The molecular weight excluding hydrogens is 377 g/mol. The van der Waals surface area contributed by atoms with E-state index >= 15 is 0 Å². The number of nitrogens with two attached hydrogens (primary N) is 1. The Bertz CT molecular complexity index is 1170. The summed E-state index contributed by atoms with van der Waals surface area (Å²) in [6, 6.07) is 15.2. The zero-order valence-corrected chi connectivity index (χ0v) is 16.0. The Morgan fingerprint density at radius 2 is 1.93 bits per heavy atom. The van der Waals surface area contributed by atoms with Crippen LogP contribution < -0.4 is 10.6 Å². The summed E-state index contributed by atoms with van der Waals surface area (Å²) in [7, 11) is -3.55. The van der Waals surface area contributed by atoms with Gasteiger partial charge in [-0.1, -0.05) is 29.8 Å². The minimum absolute atomic E-state index is 0.0380. The standard InChI is InChI=1S/C21H18FN3O2S/c1-13-3-2-4-14(11-13)19-17(12-23)21(24)25(16-7-5-15(22)6-8-16)18-9-10-28(26,27)20(18)19/h2-8,11,19H,9-10,24H2,1H3/t19-/m1/s1. The SMILES string of the molecule is Cc1cccc([C@@H]2C(C#N)=C(N)N(c3ccc(F)cc3)C3=C2S(=O)(=O)CC3)c1. The van der Waals surface area contributed by atoms with E-state index in [1.54, 1.807) is 4.90 Å². The van der Waals surface area contributed by atoms with E-state index in [-0.39, 0.29) is 28.5 Å². The number of halogens is 1. The number of nitriles is 1. The molecule has 2 aliphatic heterocycles. The summed E-state index contributed by atoms with van der Waals surface area (Å²) < 4.78 is 39.3. The Morgan fingerprint density at radius 1 is 1.21 bits per heavy atom. The Balaban J connectivity index is 2.00. The fourth-order valence-corrected chi connectivity index (χ4v) is 5.78. The van der Waals surface area contributed by atoms with Crippen LogP contribution in [-0.4, -0.2) is 14.2 Å². The molecule has 0 amide bonds. The molecule has 142 valence electrons. The van der Waals surface area contributed by atoms with Crippen molar-refractivity contribution in [1.82, 2.24) is 0 Å². The summed E-state index contributed by atoms with van der Waals surface area (Å²) in [6.45, 7) is 1.91. The smallest absolute Gasteiger partial charge is 0.177 e. The molecule has 2 N–H and O–H groups in total. The zero-order valence-electron chi connectivity index (χ0n) is 15.2. The van der Waals surface area contributed by atoms with Gasteiger partial charge in [-0.15, -0.1) is 0 Å². The molecule has 2 heterocycles. The minimum Gasteiger partial charge on any atom is -0.384 e. The number of nitrogens with zero attached hydrogens (tertiary/aromatic N) is 2. The molecule has 2 aromatic rings. The van der Waals surface area contributed by atoms with Crippen molar-refractivity contribution in [3.8, 4) is 6.07 Å². The molecular formula is C21H18FN3O2S. The van der Waals surface area contributed by atoms with Gasteiger partial charge in [-0.3, -0.25) is 4.90 Å². The Hall–Kier alpha value is -3.11. The van der Waals surface area contributed by atoms with Crippen LogP contribution in [0.5, 0.6) is 0 Å². The molecule has 0 radical (unpaired) electrons. The van der Waals surface area contributed by atoms with E-state index in [0.717, 1.165) is 11.1 Å². The normalized spacial score (nSPS) is 20.9. The minimum atomic E-state index is -3.55. The summed E-state index contributed by atoms with van der Waals surface area (Å²) in [5, 5.41) is 9.87. The Morgan fingerprint density at radius 3 is 2.57 bits per heavy atom. The van der Waals surface area contributed by atoms with Gasteiger partial charge in [-0.25, -0.2) is 12.8 Å². The van der Waals surface area contributed by atoms with Gasteiger partial charge in [0.2, 0.25) is 0 Å². The third kappa shape index (κ3) is 2.77. The van der Waals surface area contributed by atoms with Crippen molar-refractivity contribution in [3.05, 3.63) is 87.5 Å². The van der Waals surface area contributed by atoms with Gasteiger partial charge in [0.05, 0.1) is 28.2 Å². The van der Waals surface area contributed by atoms with Gasteiger partial charge in [0.15, 0.2) is 9.84 Å². The van der Waals surface area contributed by atoms with Crippen molar-refractivity contribution >= 4 is 15.5 Å². The molecule has 0 bridgehead atoms. The third-order valence-electron chi connectivity index (χ3n) is 5.15. The lowest BCUT2D eigenvalue weighted by molar-refractivity contribution is 0.602. The van der Waals surface area contributed by atoms with Crippen LogP contribution in [0.4, 0.5) is 10.1 Å². The second-order valence-corrected chi connectivity index (χ2v) is 9.03. The first-order valence-corrected chi connectivity index (χ1v) is 10.5. The van der Waals surface area contributed by atoms with Gasteiger partial charge in [-0.2, -0.15) is 5.26 Å². The molecule has 1 atom stereocenters. The van der Waals surface area contributed by atoms with E-state index in [2.05, 4.69) is 6.07 Å². The number of rotatable bonds is 2. The van der Waals surface area contributed by atoms with Gasteiger partial charge >= 0.3 is 0 Å². The van der Waals surface area contributed by atoms with Crippen LogP contribution in [0, 0.1) is 24.1 Å². The molecule has 4 rings (SSSR count). The summed E-state index contributed by atoms with van der Waals surface area (Å²) in [6.07, 6.45) is 0.288. The second kappa shape index (κ2) is 6.50. The maximum atomic E-state index is 13.4. The maximum absolute atomic E-state index is 13.4.